The topological polar surface area (TPSA) is 89.6 Å². The fraction of sp³-hybridized carbons (Fsp3) is 0.278. The second-order valence-electron chi connectivity index (χ2n) is 5.64. The molecule has 0 spiro atoms. The average Bonchev–Trinajstić information content (AvgIpc) is 2.65. The third kappa shape index (κ3) is 7.49. The third-order valence-corrected chi connectivity index (χ3v) is 3.55. The van der Waals surface area contributed by atoms with Gasteiger partial charge in [-0.2, -0.15) is 13.2 Å². The van der Waals surface area contributed by atoms with Crippen LogP contribution in [0.15, 0.2) is 36.5 Å². The number of pyridine rings is 1. The van der Waals surface area contributed by atoms with Gasteiger partial charge in [-0.15, -0.1) is 0 Å². The molecule has 0 aliphatic rings. The van der Waals surface area contributed by atoms with Crippen molar-refractivity contribution in [3.8, 4) is 11.6 Å². The number of likely N-dealkylation sites (N-methyl/N-ethyl adjacent to an activating group) is 1. The number of alkyl halides is 3. The van der Waals surface area contributed by atoms with Gasteiger partial charge in [0, 0.05) is 24.5 Å². The lowest BCUT2D eigenvalue weighted by molar-refractivity contribution is -0.154. The van der Waals surface area contributed by atoms with Crippen LogP contribution in [0.25, 0.3) is 0 Å². The van der Waals surface area contributed by atoms with E-state index in [0.717, 1.165) is 12.3 Å². The van der Waals surface area contributed by atoms with Crippen LogP contribution in [0.4, 0.5) is 18.9 Å². The Kier molecular flexibility index (Phi) is 7.66. The van der Waals surface area contributed by atoms with Crippen LogP contribution >= 0.6 is 11.6 Å². The van der Waals surface area contributed by atoms with Crippen molar-refractivity contribution in [2.45, 2.75) is 13.1 Å². The molecule has 7 nitrogen and oxygen atoms in total. The smallest absolute Gasteiger partial charge is 0.422 e. The molecule has 0 fully saturated rings. The van der Waals surface area contributed by atoms with Crippen molar-refractivity contribution in [3.05, 3.63) is 47.1 Å². The highest BCUT2D eigenvalue weighted by molar-refractivity contribution is 6.32. The lowest BCUT2D eigenvalue weighted by atomic mass is 10.2. The Morgan fingerprint density at radius 1 is 1.21 bits per heavy atom. The van der Waals surface area contributed by atoms with E-state index in [0.29, 0.717) is 18.0 Å². The van der Waals surface area contributed by atoms with Crippen molar-refractivity contribution in [1.29, 1.82) is 0 Å². The summed E-state index contributed by atoms with van der Waals surface area (Å²) in [5, 5.41) is 4.93. The second-order valence-corrected chi connectivity index (χ2v) is 6.05. The fourth-order valence-corrected chi connectivity index (χ4v) is 2.29. The number of halogens is 4. The Morgan fingerprint density at radius 3 is 2.62 bits per heavy atom. The number of carbonyl (C=O) groups excluding carboxylic acids is 2. The van der Waals surface area contributed by atoms with Crippen molar-refractivity contribution >= 4 is 29.1 Å². The fourth-order valence-electron chi connectivity index (χ4n) is 2.07. The van der Waals surface area contributed by atoms with Gasteiger partial charge in [0.2, 0.25) is 5.88 Å². The van der Waals surface area contributed by atoms with Crippen molar-refractivity contribution in [3.63, 3.8) is 0 Å². The molecule has 1 heterocycles. The van der Waals surface area contributed by atoms with Gasteiger partial charge in [0.05, 0.1) is 5.56 Å². The van der Waals surface area contributed by atoms with Gasteiger partial charge in [-0.1, -0.05) is 17.7 Å². The molecule has 0 saturated carbocycles. The Morgan fingerprint density at radius 2 is 1.97 bits per heavy atom. The molecule has 0 bridgehead atoms. The maximum Gasteiger partial charge on any atom is 0.422 e. The molecule has 1 aromatic carbocycles. The zero-order valence-corrected chi connectivity index (χ0v) is 15.9. The molecule has 0 atom stereocenters. The van der Waals surface area contributed by atoms with Crippen molar-refractivity contribution in [2.24, 2.45) is 0 Å². The average molecular weight is 432 g/mol. The minimum absolute atomic E-state index is 0.0167. The predicted molar refractivity (Wildman–Crippen MR) is 99.4 cm³/mol. The highest BCUT2D eigenvalue weighted by Crippen LogP contribution is 2.25. The van der Waals surface area contributed by atoms with E-state index >= 15 is 0 Å². The van der Waals surface area contributed by atoms with E-state index in [9.17, 15) is 22.8 Å². The highest BCUT2D eigenvalue weighted by Gasteiger charge is 2.29. The summed E-state index contributed by atoms with van der Waals surface area (Å²) in [4.78, 5) is 27.4. The summed E-state index contributed by atoms with van der Waals surface area (Å²) in [6.45, 7) is 0.539. The molecule has 2 aromatic rings. The Bertz CT molecular complexity index is 878. The number of aromatic nitrogens is 1. The van der Waals surface area contributed by atoms with Gasteiger partial charge in [-0.05, 0) is 25.1 Å². The molecule has 0 radical (unpaired) electrons. The summed E-state index contributed by atoms with van der Waals surface area (Å²) in [5.41, 5.74) is 0.389. The van der Waals surface area contributed by atoms with E-state index in [1.807, 2.05) is 0 Å². The minimum Gasteiger partial charge on any atom is -0.484 e. The van der Waals surface area contributed by atoms with E-state index in [2.05, 4.69) is 20.4 Å². The summed E-state index contributed by atoms with van der Waals surface area (Å²) in [5.74, 6) is -0.944. The number of benzene rings is 1. The number of carbonyl (C=O) groups is 2. The number of hydrogen-bond acceptors (Lipinski definition) is 5. The second kappa shape index (κ2) is 9.97. The first-order valence-corrected chi connectivity index (χ1v) is 8.71. The molecule has 0 aliphatic carbocycles. The summed E-state index contributed by atoms with van der Waals surface area (Å²) < 4.78 is 46.4. The first kappa shape index (κ1) is 22.3. The van der Waals surface area contributed by atoms with Crippen LogP contribution in [-0.4, -0.2) is 42.7 Å². The van der Waals surface area contributed by atoms with Crippen molar-refractivity contribution in [1.82, 2.24) is 10.3 Å². The third-order valence-electron chi connectivity index (χ3n) is 3.28. The summed E-state index contributed by atoms with van der Waals surface area (Å²) in [6.07, 6.45) is -3.49. The number of amides is 2. The van der Waals surface area contributed by atoms with Crippen molar-refractivity contribution in [2.75, 3.05) is 25.1 Å². The summed E-state index contributed by atoms with van der Waals surface area (Å²) in [6, 6.07) is 7.47. The maximum absolute atomic E-state index is 12.3. The van der Waals surface area contributed by atoms with E-state index < -0.39 is 24.6 Å². The van der Waals surface area contributed by atoms with E-state index in [1.54, 1.807) is 25.1 Å². The Labute approximate surface area is 169 Å². The van der Waals surface area contributed by atoms with Gasteiger partial charge in [-0.25, -0.2) is 4.98 Å². The van der Waals surface area contributed by atoms with E-state index in [4.69, 9.17) is 16.3 Å². The SMILES string of the molecule is CCNC(=O)COc1cccc(NC(=O)c2cnc(OCC(F)(F)F)c(Cl)c2)c1. The van der Waals surface area contributed by atoms with Crippen molar-refractivity contribution < 1.29 is 32.2 Å². The lowest BCUT2D eigenvalue weighted by Gasteiger charge is -2.11. The van der Waals surface area contributed by atoms with Gasteiger partial charge in [0.1, 0.15) is 10.8 Å². The molecule has 1 aromatic heterocycles. The predicted octanol–water partition coefficient (Wildman–Crippen LogP) is 3.44. The largest absolute Gasteiger partial charge is 0.484 e. The van der Waals surface area contributed by atoms with Gasteiger partial charge in [-0.3, -0.25) is 9.59 Å². The molecule has 2 amide bonds. The zero-order chi connectivity index (χ0) is 21.4. The van der Waals surface area contributed by atoms with Gasteiger partial charge in [0.15, 0.2) is 13.2 Å². The van der Waals surface area contributed by atoms with Crippen LogP contribution in [0.3, 0.4) is 0 Å². The van der Waals surface area contributed by atoms with Crippen LogP contribution in [0, 0.1) is 0 Å². The molecule has 29 heavy (non-hydrogen) atoms. The number of nitrogens with zero attached hydrogens (tertiary/aromatic N) is 1. The summed E-state index contributed by atoms with van der Waals surface area (Å²) in [7, 11) is 0. The standard InChI is InChI=1S/C18H17ClF3N3O4/c1-2-23-15(26)9-28-13-5-3-4-12(7-13)25-16(27)11-6-14(19)17(24-8-11)29-10-18(20,21)22/h3-8H,2,9-10H2,1H3,(H,23,26)(H,25,27). The number of ether oxygens (including phenoxy) is 2. The number of hydrogen-bond donors (Lipinski definition) is 2. The molecule has 0 unspecified atom stereocenters. The molecular formula is C18H17ClF3N3O4. The van der Waals surface area contributed by atoms with Crippen LogP contribution in [0.5, 0.6) is 11.6 Å². The zero-order valence-electron chi connectivity index (χ0n) is 15.2. The van der Waals surface area contributed by atoms with Gasteiger partial charge >= 0.3 is 6.18 Å². The molecule has 0 aliphatic heterocycles. The Hall–Kier alpha value is -3.01. The summed E-state index contributed by atoms with van der Waals surface area (Å²) >= 11 is 5.83. The quantitative estimate of drug-likeness (QED) is 0.668. The van der Waals surface area contributed by atoms with Crippen LogP contribution in [0.2, 0.25) is 5.02 Å². The van der Waals surface area contributed by atoms with E-state index in [-0.39, 0.29) is 23.1 Å². The highest BCUT2D eigenvalue weighted by atomic mass is 35.5. The lowest BCUT2D eigenvalue weighted by Crippen LogP contribution is -2.28. The maximum atomic E-state index is 12.3. The van der Waals surface area contributed by atoms with Crippen LogP contribution < -0.4 is 20.1 Å². The van der Waals surface area contributed by atoms with Crippen LogP contribution in [-0.2, 0) is 4.79 Å². The monoisotopic (exact) mass is 431 g/mol. The van der Waals surface area contributed by atoms with E-state index in [1.165, 1.54) is 6.07 Å². The molecule has 0 saturated heterocycles. The molecule has 11 heteroatoms. The molecular weight excluding hydrogens is 415 g/mol. The van der Waals surface area contributed by atoms with Gasteiger partial charge < -0.3 is 20.1 Å². The number of nitrogens with one attached hydrogen (secondary N) is 2. The number of anilines is 1. The first-order valence-electron chi connectivity index (χ1n) is 8.34. The molecule has 2 N–H and O–H groups in total. The minimum atomic E-state index is -4.54. The number of rotatable bonds is 8. The van der Waals surface area contributed by atoms with Gasteiger partial charge in [0.25, 0.3) is 11.8 Å². The molecule has 156 valence electrons. The van der Waals surface area contributed by atoms with Crippen LogP contribution in [0.1, 0.15) is 17.3 Å². The Balaban J connectivity index is 2.00. The first-order chi connectivity index (χ1) is 13.7. The normalized spacial score (nSPS) is 10.9. The molecule has 2 rings (SSSR count).